The van der Waals surface area contributed by atoms with Crippen LogP contribution in [0.5, 0.6) is 0 Å². The summed E-state index contributed by atoms with van der Waals surface area (Å²) in [5.74, 6) is -0.326. The predicted octanol–water partition coefficient (Wildman–Crippen LogP) is 3.80. The maximum absolute atomic E-state index is 13.1. The molecule has 0 aliphatic heterocycles. The van der Waals surface area contributed by atoms with Crippen molar-refractivity contribution in [2.75, 3.05) is 0 Å². The first-order valence-electron chi connectivity index (χ1n) is 6.42. The van der Waals surface area contributed by atoms with Crippen LogP contribution in [-0.2, 0) is 0 Å². The third-order valence-corrected chi connectivity index (χ3v) is 3.17. The fourth-order valence-corrected chi connectivity index (χ4v) is 2.24. The summed E-state index contributed by atoms with van der Waals surface area (Å²) < 4.78 is 13.1. The molecule has 0 aliphatic carbocycles. The average molecular weight is 264 g/mol. The Hall–Kier alpha value is -2.55. The van der Waals surface area contributed by atoms with Gasteiger partial charge < -0.3 is 0 Å². The lowest BCUT2D eigenvalue weighted by molar-refractivity contribution is 0.626. The van der Waals surface area contributed by atoms with Crippen LogP contribution < -0.4 is 0 Å². The van der Waals surface area contributed by atoms with E-state index >= 15 is 0 Å². The molecule has 3 aromatic rings. The predicted molar refractivity (Wildman–Crippen MR) is 75.8 cm³/mol. The van der Waals surface area contributed by atoms with Crippen LogP contribution in [0.3, 0.4) is 0 Å². The van der Waals surface area contributed by atoms with Gasteiger partial charge in [-0.1, -0.05) is 24.3 Å². The van der Waals surface area contributed by atoms with E-state index in [1.165, 1.54) is 12.1 Å². The van der Waals surface area contributed by atoms with Crippen molar-refractivity contribution >= 4 is 0 Å². The number of nitrogens with zero attached hydrogens (tertiary/aromatic N) is 2. The molecule has 0 saturated heterocycles. The summed E-state index contributed by atoms with van der Waals surface area (Å²) in [4.78, 5) is 8.84. The largest absolute Gasteiger partial charge is 0.260 e. The van der Waals surface area contributed by atoms with E-state index in [4.69, 9.17) is 0 Å². The molecule has 0 aliphatic rings. The molecule has 2 nitrogen and oxygen atoms in total. The van der Waals surface area contributed by atoms with Crippen LogP contribution in [0.25, 0.3) is 0 Å². The SMILES string of the molecule is Fc1ccc(C(c2ccccn2)c2ccccn2)cc1. The summed E-state index contributed by atoms with van der Waals surface area (Å²) in [5.41, 5.74) is 2.78. The molecule has 0 N–H and O–H groups in total. The zero-order chi connectivity index (χ0) is 13.8. The van der Waals surface area contributed by atoms with Crippen LogP contribution in [0.4, 0.5) is 4.39 Å². The summed E-state index contributed by atoms with van der Waals surface area (Å²) in [6.45, 7) is 0. The Morgan fingerprint density at radius 1 is 0.700 bits per heavy atom. The zero-order valence-corrected chi connectivity index (χ0v) is 10.8. The number of hydrogen-bond donors (Lipinski definition) is 0. The van der Waals surface area contributed by atoms with E-state index in [9.17, 15) is 4.39 Å². The molecule has 20 heavy (non-hydrogen) atoms. The quantitative estimate of drug-likeness (QED) is 0.719. The maximum Gasteiger partial charge on any atom is 0.123 e. The van der Waals surface area contributed by atoms with Crippen molar-refractivity contribution in [3.8, 4) is 0 Å². The third kappa shape index (κ3) is 2.57. The van der Waals surface area contributed by atoms with E-state index in [0.29, 0.717) is 0 Å². The second-order valence-electron chi connectivity index (χ2n) is 4.49. The highest BCUT2D eigenvalue weighted by Crippen LogP contribution is 2.29. The summed E-state index contributed by atoms with van der Waals surface area (Å²) in [6, 6.07) is 18.1. The molecule has 1 aromatic carbocycles. The van der Waals surface area contributed by atoms with Gasteiger partial charge in [-0.25, -0.2) is 4.39 Å². The van der Waals surface area contributed by atoms with Crippen LogP contribution in [0.15, 0.2) is 73.1 Å². The number of rotatable bonds is 3. The summed E-state index contributed by atoms with van der Waals surface area (Å²) >= 11 is 0. The van der Waals surface area contributed by atoms with Gasteiger partial charge >= 0.3 is 0 Å². The molecule has 2 aromatic heterocycles. The highest BCUT2D eigenvalue weighted by molar-refractivity contribution is 5.37. The molecule has 2 heterocycles. The Morgan fingerprint density at radius 2 is 1.25 bits per heavy atom. The van der Waals surface area contributed by atoms with Gasteiger partial charge in [0, 0.05) is 12.4 Å². The van der Waals surface area contributed by atoms with Crippen LogP contribution >= 0.6 is 0 Å². The normalized spacial score (nSPS) is 10.7. The zero-order valence-electron chi connectivity index (χ0n) is 10.8. The van der Waals surface area contributed by atoms with Crippen molar-refractivity contribution in [3.63, 3.8) is 0 Å². The summed E-state index contributed by atoms with van der Waals surface area (Å²) in [5, 5.41) is 0. The van der Waals surface area contributed by atoms with Crippen molar-refractivity contribution < 1.29 is 4.39 Å². The van der Waals surface area contributed by atoms with Crippen LogP contribution in [0, 0.1) is 5.82 Å². The third-order valence-electron chi connectivity index (χ3n) is 3.17. The minimum Gasteiger partial charge on any atom is -0.260 e. The molecule has 3 rings (SSSR count). The molecular weight excluding hydrogens is 251 g/mol. The first-order valence-corrected chi connectivity index (χ1v) is 6.42. The summed E-state index contributed by atoms with van der Waals surface area (Å²) in [7, 11) is 0. The highest BCUT2D eigenvalue weighted by atomic mass is 19.1. The van der Waals surface area contributed by atoms with Crippen molar-refractivity contribution in [3.05, 3.63) is 95.8 Å². The van der Waals surface area contributed by atoms with Gasteiger partial charge in [0.2, 0.25) is 0 Å². The molecule has 0 radical (unpaired) electrons. The van der Waals surface area contributed by atoms with Crippen LogP contribution in [0.2, 0.25) is 0 Å². The van der Waals surface area contributed by atoms with E-state index in [1.807, 2.05) is 36.4 Å². The van der Waals surface area contributed by atoms with Crippen molar-refractivity contribution in [2.45, 2.75) is 5.92 Å². The Morgan fingerprint density at radius 3 is 1.70 bits per heavy atom. The van der Waals surface area contributed by atoms with Gasteiger partial charge in [-0.2, -0.15) is 0 Å². The van der Waals surface area contributed by atoms with Crippen LogP contribution in [-0.4, -0.2) is 9.97 Å². The Balaban J connectivity index is 2.11. The van der Waals surface area contributed by atoms with E-state index in [-0.39, 0.29) is 11.7 Å². The highest BCUT2D eigenvalue weighted by Gasteiger charge is 2.18. The Kier molecular flexibility index (Phi) is 3.50. The number of hydrogen-bond acceptors (Lipinski definition) is 2. The Bertz CT molecular complexity index is 627. The van der Waals surface area contributed by atoms with E-state index in [0.717, 1.165) is 17.0 Å². The standard InChI is InChI=1S/C17H13FN2/c18-14-9-7-13(8-10-14)17(15-5-1-3-11-19-15)16-6-2-4-12-20-16/h1-12,17H. The molecule has 0 spiro atoms. The summed E-state index contributed by atoms with van der Waals surface area (Å²) in [6.07, 6.45) is 3.52. The fourth-order valence-electron chi connectivity index (χ4n) is 2.24. The lowest BCUT2D eigenvalue weighted by Crippen LogP contribution is -2.07. The van der Waals surface area contributed by atoms with E-state index in [1.54, 1.807) is 24.5 Å². The van der Waals surface area contributed by atoms with Gasteiger partial charge in [-0.3, -0.25) is 9.97 Å². The van der Waals surface area contributed by atoms with Gasteiger partial charge in [-0.15, -0.1) is 0 Å². The average Bonchev–Trinajstić information content (AvgIpc) is 2.52. The monoisotopic (exact) mass is 264 g/mol. The first-order chi connectivity index (χ1) is 9.84. The van der Waals surface area contributed by atoms with Crippen molar-refractivity contribution in [1.29, 1.82) is 0 Å². The molecule has 0 fully saturated rings. The second-order valence-corrected chi connectivity index (χ2v) is 4.49. The fraction of sp³-hybridized carbons (Fsp3) is 0.0588. The Labute approximate surface area is 117 Å². The van der Waals surface area contributed by atoms with Gasteiger partial charge in [-0.05, 0) is 42.0 Å². The van der Waals surface area contributed by atoms with Gasteiger partial charge in [0.25, 0.3) is 0 Å². The molecular formula is C17H13FN2. The topological polar surface area (TPSA) is 25.8 Å². The van der Waals surface area contributed by atoms with Crippen molar-refractivity contribution in [1.82, 2.24) is 9.97 Å². The van der Waals surface area contributed by atoms with Gasteiger partial charge in [0.1, 0.15) is 5.82 Å². The molecule has 98 valence electrons. The van der Waals surface area contributed by atoms with Crippen LogP contribution in [0.1, 0.15) is 22.9 Å². The first kappa shape index (κ1) is 12.5. The minimum atomic E-state index is -0.241. The molecule has 0 atom stereocenters. The second kappa shape index (κ2) is 5.61. The molecule has 0 bridgehead atoms. The molecule has 0 saturated carbocycles. The number of pyridine rings is 2. The number of aromatic nitrogens is 2. The molecule has 3 heteroatoms. The van der Waals surface area contributed by atoms with E-state index < -0.39 is 0 Å². The minimum absolute atomic E-state index is 0.0852. The lowest BCUT2D eigenvalue weighted by Gasteiger charge is -2.16. The number of benzene rings is 1. The maximum atomic E-state index is 13.1. The van der Waals surface area contributed by atoms with Crippen molar-refractivity contribution in [2.24, 2.45) is 0 Å². The van der Waals surface area contributed by atoms with Gasteiger partial charge in [0.15, 0.2) is 0 Å². The number of halogens is 1. The molecule has 0 unspecified atom stereocenters. The lowest BCUT2D eigenvalue weighted by atomic mass is 9.91. The smallest absolute Gasteiger partial charge is 0.123 e. The van der Waals surface area contributed by atoms with E-state index in [2.05, 4.69) is 9.97 Å². The van der Waals surface area contributed by atoms with Gasteiger partial charge in [0.05, 0.1) is 17.3 Å². The molecule has 0 amide bonds.